The Hall–Kier alpha value is -1.55. The van der Waals surface area contributed by atoms with E-state index in [0.29, 0.717) is 0 Å². The minimum absolute atomic E-state index is 0.154. The molecule has 0 radical (unpaired) electrons. The van der Waals surface area contributed by atoms with Crippen molar-refractivity contribution < 1.29 is 20.1 Å². The van der Waals surface area contributed by atoms with Gasteiger partial charge in [-0.1, -0.05) is 0 Å². The van der Waals surface area contributed by atoms with Crippen molar-refractivity contribution in [2.45, 2.75) is 32.0 Å². The quantitative estimate of drug-likeness (QED) is 0.432. The van der Waals surface area contributed by atoms with Crippen LogP contribution in [0.15, 0.2) is 11.1 Å². The first-order valence-electron chi connectivity index (χ1n) is 5.23. The van der Waals surface area contributed by atoms with Crippen LogP contribution in [0.5, 0.6) is 0 Å². The lowest BCUT2D eigenvalue weighted by molar-refractivity contribution is -0.120. The number of nitrogens with zero attached hydrogens (tertiary/aromatic N) is 3. The Morgan fingerprint density at radius 3 is 2.72 bits per heavy atom. The molecule has 0 aromatic carbocycles. The third-order valence-electron chi connectivity index (χ3n) is 2.27. The average molecular weight is 260 g/mol. The van der Waals surface area contributed by atoms with E-state index in [1.165, 1.54) is 6.92 Å². The molecule has 0 saturated carbocycles. The number of anilines is 1. The Kier molecular flexibility index (Phi) is 5.16. The summed E-state index contributed by atoms with van der Waals surface area (Å²) in [5, 5.41) is 27.7. The van der Waals surface area contributed by atoms with Crippen LogP contribution in [0.3, 0.4) is 0 Å². The largest absolute Gasteiger partial charge is 0.394 e. The highest BCUT2D eigenvalue weighted by Gasteiger charge is 2.23. The smallest absolute Gasteiger partial charge is 0.353 e. The number of nitrogen functional groups attached to an aromatic ring is 1. The second-order valence-corrected chi connectivity index (χ2v) is 3.71. The monoisotopic (exact) mass is 260 g/mol. The molecule has 102 valence electrons. The molecule has 0 saturated heterocycles. The predicted molar refractivity (Wildman–Crippen MR) is 60.4 cm³/mol. The summed E-state index contributed by atoms with van der Waals surface area (Å²) in [6.07, 6.45) is -2.22. The molecule has 9 nitrogen and oxygen atoms in total. The SMILES string of the molecule is CC(O)C(O)C(CO)OCn1cnc(N)nc1=O. The highest BCUT2D eigenvalue weighted by atomic mass is 16.5. The Labute approximate surface area is 102 Å². The lowest BCUT2D eigenvalue weighted by Gasteiger charge is -2.23. The summed E-state index contributed by atoms with van der Waals surface area (Å²) >= 11 is 0. The summed E-state index contributed by atoms with van der Waals surface area (Å²) in [6, 6.07) is 0. The van der Waals surface area contributed by atoms with Gasteiger partial charge in [-0.05, 0) is 6.92 Å². The molecule has 0 aliphatic heterocycles. The van der Waals surface area contributed by atoms with Crippen LogP contribution in [-0.4, -0.2) is 54.8 Å². The maximum Gasteiger partial charge on any atom is 0.353 e. The van der Waals surface area contributed by atoms with E-state index in [4.69, 9.17) is 20.7 Å². The van der Waals surface area contributed by atoms with Gasteiger partial charge in [0.05, 0.1) is 12.7 Å². The molecular weight excluding hydrogens is 244 g/mol. The third kappa shape index (κ3) is 3.74. The molecule has 5 N–H and O–H groups in total. The molecule has 9 heteroatoms. The van der Waals surface area contributed by atoms with Crippen LogP contribution in [0.2, 0.25) is 0 Å². The second kappa shape index (κ2) is 6.40. The van der Waals surface area contributed by atoms with Gasteiger partial charge in [0, 0.05) is 0 Å². The van der Waals surface area contributed by atoms with Crippen LogP contribution in [0.25, 0.3) is 0 Å². The molecule has 18 heavy (non-hydrogen) atoms. The molecule has 0 fully saturated rings. The minimum atomic E-state index is -1.26. The van der Waals surface area contributed by atoms with Gasteiger partial charge in [0.1, 0.15) is 25.3 Å². The van der Waals surface area contributed by atoms with Crippen LogP contribution < -0.4 is 11.4 Å². The summed E-state index contributed by atoms with van der Waals surface area (Å²) in [5.74, 6) is -0.154. The molecule has 3 unspecified atom stereocenters. The van der Waals surface area contributed by atoms with Gasteiger partial charge >= 0.3 is 5.69 Å². The van der Waals surface area contributed by atoms with Crippen molar-refractivity contribution in [1.82, 2.24) is 14.5 Å². The Balaban J connectivity index is 2.65. The number of ether oxygens (including phenoxy) is 1. The Morgan fingerprint density at radius 1 is 1.56 bits per heavy atom. The van der Waals surface area contributed by atoms with Gasteiger partial charge < -0.3 is 25.8 Å². The van der Waals surface area contributed by atoms with E-state index in [1.807, 2.05) is 0 Å². The minimum Gasteiger partial charge on any atom is -0.394 e. The zero-order valence-corrected chi connectivity index (χ0v) is 9.80. The number of nitrogens with two attached hydrogens (primary N) is 1. The first-order chi connectivity index (χ1) is 8.45. The van der Waals surface area contributed by atoms with Crippen molar-refractivity contribution in [3.05, 3.63) is 16.8 Å². The molecule has 0 amide bonds. The first kappa shape index (κ1) is 14.5. The maximum absolute atomic E-state index is 11.3. The van der Waals surface area contributed by atoms with Gasteiger partial charge in [-0.15, -0.1) is 0 Å². The number of aliphatic hydroxyl groups excluding tert-OH is 3. The van der Waals surface area contributed by atoms with Crippen LogP contribution in [-0.2, 0) is 11.5 Å². The van der Waals surface area contributed by atoms with Crippen molar-refractivity contribution in [2.75, 3.05) is 12.3 Å². The van der Waals surface area contributed by atoms with Crippen molar-refractivity contribution in [3.63, 3.8) is 0 Å². The number of rotatable bonds is 6. The maximum atomic E-state index is 11.3. The van der Waals surface area contributed by atoms with E-state index in [1.54, 1.807) is 0 Å². The average Bonchev–Trinajstić information content (AvgIpc) is 2.31. The van der Waals surface area contributed by atoms with E-state index < -0.39 is 30.6 Å². The summed E-state index contributed by atoms with van der Waals surface area (Å²) in [5.41, 5.74) is 4.55. The zero-order chi connectivity index (χ0) is 13.7. The standard InChI is InChI=1S/C9H16N4O5/c1-5(15)7(16)6(2-14)18-4-13-3-11-8(10)12-9(13)17/h3,5-7,14-16H,2,4H2,1H3,(H2,10,12,17). The summed E-state index contributed by atoms with van der Waals surface area (Å²) < 4.78 is 6.11. The molecule has 1 heterocycles. The van der Waals surface area contributed by atoms with Gasteiger partial charge in [0.15, 0.2) is 0 Å². The molecule has 0 aliphatic rings. The number of hydrogen-bond donors (Lipinski definition) is 4. The van der Waals surface area contributed by atoms with Crippen LogP contribution in [0, 0.1) is 0 Å². The van der Waals surface area contributed by atoms with Gasteiger partial charge in [-0.25, -0.2) is 9.78 Å². The highest BCUT2D eigenvalue weighted by molar-refractivity contribution is 5.09. The van der Waals surface area contributed by atoms with Crippen LogP contribution >= 0.6 is 0 Å². The molecule has 0 spiro atoms. The number of aliphatic hydroxyl groups is 3. The number of hydrogen-bond acceptors (Lipinski definition) is 8. The van der Waals surface area contributed by atoms with E-state index >= 15 is 0 Å². The predicted octanol–water partition coefficient (Wildman–Crippen LogP) is -2.70. The Bertz CT molecular complexity index is 435. The first-order valence-corrected chi connectivity index (χ1v) is 5.23. The molecule has 0 bridgehead atoms. The van der Waals surface area contributed by atoms with Crippen molar-refractivity contribution >= 4 is 5.95 Å². The van der Waals surface area contributed by atoms with Gasteiger partial charge in [-0.2, -0.15) is 4.98 Å². The molecule has 3 atom stereocenters. The molecule has 1 rings (SSSR count). The van der Waals surface area contributed by atoms with Crippen molar-refractivity contribution in [1.29, 1.82) is 0 Å². The fraction of sp³-hybridized carbons (Fsp3) is 0.667. The zero-order valence-electron chi connectivity index (χ0n) is 9.80. The normalized spacial score (nSPS) is 16.2. The highest BCUT2D eigenvalue weighted by Crippen LogP contribution is 2.04. The summed E-state index contributed by atoms with van der Waals surface area (Å²) in [4.78, 5) is 18.3. The summed E-state index contributed by atoms with van der Waals surface area (Å²) in [7, 11) is 0. The van der Waals surface area contributed by atoms with Crippen LogP contribution in [0.4, 0.5) is 5.95 Å². The van der Waals surface area contributed by atoms with E-state index in [-0.39, 0.29) is 12.7 Å². The van der Waals surface area contributed by atoms with Gasteiger partial charge in [0.25, 0.3) is 0 Å². The fourth-order valence-corrected chi connectivity index (χ4v) is 1.20. The lowest BCUT2D eigenvalue weighted by atomic mass is 10.1. The van der Waals surface area contributed by atoms with Gasteiger partial charge in [0.2, 0.25) is 5.95 Å². The third-order valence-corrected chi connectivity index (χ3v) is 2.27. The number of aromatic nitrogens is 3. The second-order valence-electron chi connectivity index (χ2n) is 3.71. The van der Waals surface area contributed by atoms with Gasteiger partial charge in [-0.3, -0.25) is 4.57 Å². The topological polar surface area (TPSA) is 144 Å². The molecule has 1 aromatic rings. The van der Waals surface area contributed by atoms with Crippen LogP contribution in [0.1, 0.15) is 6.92 Å². The molecule has 1 aromatic heterocycles. The lowest BCUT2D eigenvalue weighted by Crippen LogP contribution is -2.41. The molecule has 0 aliphatic carbocycles. The van der Waals surface area contributed by atoms with Crippen molar-refractivity contribution in [2.24, 2.45) is 0 Å². The fourth-order valence-electron chi connectivity index (χ4n) is 1.20. The Morgan fingerprint density at radius 2 is 2.22 bits per heavy atom. The molecular formula is C9H16N4O5. The van der Waals surface area contributed by atoms with E-state index in [2.05, 4.69) is 9.97 Å². The van der Waals surface area contributed by atoms with E-state index in [0.717, 1.165) is 10.9 Å². The van der Waals surface area contributed by atoms with E-state index in [9.17, 15) is 9.90 Å². The summed E-state index contributed by atoms with van der Waals surface area (Å²) in [6.45, 7) is 0.583. The van der Waals surface area contributed by atoms with Crippen molar-refractivity contribution in [3.8, 4) is 0 Å².